The molecule has 4 rings (SSSR count). The van der Waals surface area contributed by atoms with Crippen LogP contribution in [0.5, 0.6) is 5.75 Å². The number of furan rings is 1. The van der Waals surface area contributed by atoms with Crippen molar-refractivity contribution in [1.82, 2.24) is 0 Å². The summed E-state index contributed by atoms with van der Waals surface area (Å²) in [7, 11) is 1.59. The van der Waals surface area contributed by atoms with Gasteiger partial charge in [0.15, 0.2) is 5.76 Å². The van der Waals surface area contributed by atoms with Crippen molar-refractivity contribution in [3.8, 4) is 5.75 Å². The minimum atomic E-state index is -0.297. The van der Waals surface area contributed by atoms with E-state index in [2.05, 4.69) is 24.6 Å². The Morgan fingerprint density at radius 1 is 1.09 bits per heavy atom. The van der Waals surface area contributed by atoms with Crippen LogP contribution in [0, 0.1) is 19.3 Å². The van der Waals surface area contributed by atoms with Gasteiger partial charge in [0.1, 0.15) is 11.5 Å². The highest BCUT2D eigenvalue weighted by molar-refractivity contribution is 6.10. The first-order chi connectivity index (χ1) is 15.3. The van der Waals surface area contributed by atoms with Crippen molar-refractivity contribution in [3.05, 3.63) is 76.7 Å². The number of para-hydroxylation sites is 1. The molecule has 0 radical (unpaired) electrons. The van der Waals surface area contributed by atoms with Crippen LogP contribution >= 0.6 is 0 Å². The van der Waals surface area contributed by atoms with E-state index in [1.165, 1.54) is 0 Å². The van der Waals surface area contributed by atoms with Crippen molar-refractivity contribution in [2.24, 2.45) is 10.5 Å². The van der Waals surface area contributed by atoms with Crippen molar-refractivity contribution in [2.75, 3.05) is 17.9 Å². The summed E-state index contributed by atoms with van der Waals surface area (Å²) in [4.78, 5) is 13.2. The lowest BCUT2D eigenvalue weighted by Crippen LogP contribution is -2.27. The molecular formula is C26H29N3O3. The first-order valence-electron chi connectivity index (χ1n) is 10.7. The van der Waals surface area contributed by atoms with Crippen LogP contribution in [0.25, 0.3) is 0 Å². The number of hydrogen-bond donors (Lipinski definition) is 2. The molecule has 0 unspecified atom stereocenters. The molecule has 166 valence electrons. The second-order valence-electron chi connectivity index (χ2n) is 9.07. The number of fused-ring (bicyclic) bond motifs is 1. The molecule has 0 saturated heterocycles. The van der Waals surface area contributed by atoms with Gasteiger partial charge in [0.25, 0.3) is 5.91 Å². The van der Waals surface area contributed by atoms with Gasteiger partial charge in [-0.2, -0.15) is 5.10 Å². The summed E-state index contributed by atoms with van der Waals surface area (Å²) >= 11 is 0. The zero-order valence-corrected chi connectivity index (χ0v) is 19.2. The van der Waals surface area contributed by atoms with Crippen LogP contribution in [0.3, 0.4) is 0 Å². The number of anilines is 2. The highest BCUT2D eigenvalue weighted by atomic mass is 16.5. The lowest BCUT2D eigenvalue weighted by molar-refractivity contribution is 0.0992. The van der Waals surface area contributed by atoms with Crippen molar-refractivity contribution < 1.29 is 13.9 Å². The number of carbonyl (C=O) groups excluding carboxylic acids is 1. The predicted molar refractivity (Wildman–Crippen MR) is 128 cm³/mol. The van der Waals surface area contributed by atoms with Gasteiger partial charge in [0.2, 0.25) is 0 Å². The summed E-state index contributed by atoms with van der Waals surface area (Å²) in [6.45, 7) is 8.25. The molecule has 6 nitrogen and oxygen atoms in total. The molecular weight excluding hydrogens is 402 g/mol. The van der Waals surface area contributed by atoms with Crippen LogP contribution in [0.4, 0.5) is 11.4 Å². The number of carbonyl (C=O) groups is 1. The fraction of sp³-hybridized carbons (Fsp3) is 0.308. The lowest BCUT2D eigenvalue weighted by Gasteiger charge is -2.29. The number of aryl methyl sites for hydroxylation is 1. The maximum absolute atomic E-state index is 13.2. The van der Waals surface area contributed by atoms with Gasteiger partial charge >= 0.3 is 0 Å². The smallest absolute Gasteiger partial charge is 0.291 e. The average Bonchev–Trinajstić information content (AvgIpc) is 3.08. The largest absolute Gasteiger partial charge is 0.495 e. The Balaban J connectivity index is 1.68. The lowest BCUT2D eigenvalue weighted by atomic mass is 9.75. The van der Waals surface area contributed by atoms with Crippen molar-refractivity contribution in [2.45, 2.75) is 40.5 Å². The van der Waals surface area contributed by atoms with Crippen molar-refractivity contribution in [3.63, 3.8) is 0 Å². The third kappa shape index (κ3) is 4.40. The molecule has 0 saturated carbocycles. The molecule has 2 aromatic carbocycles. The summed E-state index contributed by atoms with van der Waals surface area (Å²) in [6.07, 6.45) is 1.53. The Morgan fingerprint density at radius 2 is 1.84 bits per heavy atom. The first-order valence-corrected chi connectivity index (χ1v) is 10.7. The number of amides is 1. The van der Waals surface area contributed by atoms with E-state index in [1.54, 1.807) is 7.11 Å². The second-order valence-corrected chi connectivity index (χ2v) is 9.07. The van der Waals surface area contributed by atoms with E-state index < -0.39 is 0 Å². The van der Waals surface area contributed by atoms with E-state index in [0.29, 0.717) is 17.2 Å². The fourth-order valence-electron chi connectivity index (χ4n) is 4.17. The zero-order chi connectivity index (χ0) is 22.9. The van der Waals surface area contributed by atoms with Crippen LogP contribution in [0.1, 0.15) is 53.3 Å². The van der Waals surface area contributed by atoms with Crippen LogP contribution in [-0.2, 0) is 6.42 Å². The highest BCUT2D eigenvalue weighted by Gasteiger charge is 2.36. The molecule has 0 fully saturated rings. The van der Waals surface area contributed by atoms with Gasteiger partial charge in [0, 0.05) is 17.5 Å². The third-order valence-corrected chi connectivity index (χ3v) is 5.70. The van der Waals surface area contributed by atoms with Gasteiger partial charge in [-0.15, -0.1) is 0 Å². The molecule has 2 N–H and O–H groups in total. The Hall–Kier alpha value is -3.54. The van der Waals surface area contributed by atoms with E-state index in [0.717, 1.165) is 46.7 Å². The topological polar surface area (TPSA) is 75.9 Å². The van der Waals surface area contributed by atoms with Gasteiger partial charge in [-0.05, 0) is 55.5 Å². The molecule has 1 aliphatic carbocycles. The summed E-state index contributed by atoms with van der Waals surface area (Å²) in [5.74, 6) is 1.42. The quantitative estimate of drug-likeness (QED) is 0.490. The van der Waals surface area contributed by atoms with Crippen molar-refractivity contribution in [1.29, 1.82) is 0 Å². The summed E-state index contributed by atoms with van der Waals surface area (Å²) in [6, 6.07) is 15.5. The molecule has 1 aromatic heterocycles. The minimum absolute atomic E-state index is 0.0258. The van der Waals surface area contributed by atoms with Gasteiger partial charge in [0.05, 0.1) is 24.2 Å². The Kier molecular flexibility index (Phi) is 5.78. The number of ether oxygens (including phenoxy) is 1. The maximum atomic E-state index is 13.2. The third-order valence-electron chi connectivity index (χ3n) is 5.70. The standard InChI is InChI=1S/C26H29N3O3/c1-16-11-12-21(31-5)19(13-16)27-25(30)24-17(2)23-20(14-26(3,4)15-22(23)32-24)29-28-18-9-7-6-8-10-18/h6-13,28H,14-15H2,1-5H3,(H,27,30)/b29-20-. The molecule has 1 amide bonds. The van der Waals surface area contributed by atoms with E-state index in [-0.39, 0.29) is 11.3 Å². The second kappa shape index (κ2) is 8.54. The molecule has 6 heteroatoms. The molecule has 3 aromatic rings. The first kappa shape index (κ1) is 21.7. The molecule has 0 bridgehead atoms. The van der Waals surface area contributed by atoms with Gasteiger partial charge in [-0.1, -0.05) is 38.1 Å². The molecule has 0 spiro atoms. The highest BCUT2D eigenvalue weighted by Crippen LogP contribution is 2.39. The normalized spacial score (nSPS) is 15.8. The summed E-state index contributed by atoms with van der Waals surface area (Å²) in [5.41, 5.74) is 8.30. The minimum Gasteiger partial charge on any atom is -0.495 e. The van der Waals surface area contributed by atoms with E-state index in [9.17, 15) is 4.79 Å². The molecule has 0 aliphatic heterocycles. The number of methoxy groups -OCH3 is 1. The monoisotopic (exact) mass is 431 g/mol. The predicted octanol–water partition coefficient (Wildman–Crippen LogP) is 5.95. The number of nitrogens with one attached hydrogen (secondary N) is 2. The van der Waals surface area contributed by atoms with Crippen LogP contribution in [0.2, 0.25) is 0 Å². The number of nitrogens with zero attached hydrogens (tertiary/aromatic N) is 1. The molecule has 0 atom stereocenters. The van der Waals surface area contributed by atoms with Gasteiger partial charge < -0.3 is 14.5 Å². The van der Waals surface area contributed by atoms with Gasteiger partial charge in [-0.25, -0.2) is 0 Å². The molecule has 1 heterocycles. The van der Waals surface area contributed by atoms with Crippen LogP contribution in [-0.4, -0.2) is 18.7 Å². The van der Waals surface area contributed by atoms with E-state index in [4.69, 9.17) is 14.3 Å². The SMILES string of the molecule is COc1ccc(C)cc1NC(=O)c1oc2c(c1C)/C(=N\Nc1ccccc1)CC(C)(C)C2. The number of benzene rings is 2. The zero-order valence-electron chi connectivity index (χ0n) is 19.2. The fourth-order valence-corrected chi connectivity index (χ4v) is 4.17. The number of hydrogen-bond acceptors (Lipinski definition) is 5. The Bertz CT molecular complexity index is 1180. The van der Waals surface area contributed by atoms with Crippen LogP contribution in [0.15, 0.2) is 58.0 Å². The Labute approximate surface area is 188 Å². The van der Waals surface area contributed by atoms with Crippen molar-refractivity contribution >= 4 is 23.0 Å². The summed E-state index contributed by atoms with van der Waals surface area (Å²) < 4.78 is 11.5. The molecule has 1 aliphatic rings. The number of hydrazone groups is 1. The van der Waals surface area contributed by atoms with E-state index >= 15 is 0 Å². The van der Waals surface area contributed by atoms with Gasteiger partial charge in [-0.3, -0.25) is 10.2 Å². The Morgan fingerprint density at radius 3 is 2.56 bits per heavy atom. The maximum Gasteiger partial charge on any atom is 0.291 e. The summed E-state index contributed by atoms with van der Waals surface area (Å²) in [5, 5.41) is 7.65. The van der Waals surface area contributed by atoms with E-state index in [1.807, 2.05) is 62.4 Å². The average molecular weight is 432 g/mol. The number of rotatable bonds is 5. The molecule has 32 heavy (non-hydrogen) atoms. The van der Waals surface area contributed by atoms with Crippen LogP contribution < -0.4 is 15.5 Å².